The lowest BCUT2D eigenvalue weighted by Crippen LogP contribution is -2.48. The normalized spacial score (nSPS) is 17.6. The number of benzene rings is 1. The molecule has 0 aliphatic carbocycles. The predicted molar refractivity (Wildman–Crippen MR) is 140 cm³/mol. The zero-order valence-electron chi connectivity index (χ0n) is 21.6. The molecule has 1 atom stereocenters. The van der Waals surface area contributed by atoms with Crippen molar-refractivity contribution in [2.45, 2.75) is 45.4 Å². The minimum Gasteiger partial charge on any atom is -0.381 e. The summed E-state index contributed by atoms with van der Waals surface area (Å²) in [5.74, 6) is 1.35. The molecule has 4 heterocycles. The van der Waals surface area contributed by atoms with Crippen LogP contribution in [0.2, 0.25) is 0 Å². The van der Waals surface area contributed by atoms with E-state index in [9.17, 15) is 14.7 Å². The van der Waals surface area contributed by atoms with Gasteiger partial charge in [-0.15, -0.1) is 0 Å². The van der Waals surface area contributed by atoms with Gasteiger partial charge in [0.15, 0.2) is 11.6 Å². The van der Waals surface area contributed by atoms with Gasteiger partial charge in [-0.1, -0.05) is 5.16 Å². The molecule has 3 amide bonds. The van der Waals surface area contributed by atoms with Crippen molar-refractivity contribution in [2.24, 2.45) is 0 Å². The summed E-state index contributed by atoms with van der Waals surface area (Å²) in [6.07, 6.45) is 1.97. The second-order valence-electron chi connectivity index (χ2n) is 9.99. The van der Waals surface area contributed by atoms with Crippen LogP contribution in [0.15, 0.2) is 41.1 Å². The summed E-state index contributed by atoms with van der Waals surface area (Å²) in [6.45, 7) is 7.80. The number of aliphatic hydroxyl groups is 1. The second kappa shape index (κ2) is 10.4. The first-order valence-corrected chi connectivity index (χ1v) is 12.5. The van der Waals surface area contributed by atoms with Gasteiger partial charge >= 0.3 is 6.03 Å². The summed E-state index contributed by atoms with van der Waals surface area (Å²) in [7, 11) is 0. The van der Waals surface area contributed by atoms with Crippen LogP contribution in [0.3, 0.4) is 0 Å². The third kappa shape index (κ3) is 5.46. The largest absolute Gasteiger partial charge is 0.381 e. The quantitative estimate of drug-likeness (QED) is 0.461. The molecule has 3 N–H and O–H groups in total. The number of urea groups is 1. The number of rotatable bonds is 5. The van der Waals surface area contributed by atoms with E-state index in [-0.39, 0.29) is 11.9 Å². The zero-order chi connectivity index (χ0) is 26.9. The first kappa shape index (κ1) is 25.6. The van der Waals surface area contributed by atoms with Gasteiger partial charge in [0.05, 0.1) is 31.5 Å². The Morgan fingerprint density at radius 3 is 2.58 bits per heavy atom. The molecule has 38 heavy (non-hydrogen) atoms. The van der Waals surface area contributed by atoms with Crippen molar-refractivity contribution in [3.8, 4) is 11.4 Å². The number of hydrogen-bond donors (Lipinski definition) is 3. The third-order valence-electron chi connectivity index (χ3n) is 6.57. The van der Waals surface area contributed by atoms with Gasteiger partial charge in [-0.05, 0) is 51.5 Å². The number of carbonyl (C=O) groups is 2. The van der Waals surface area contributed by atoms with Gasteiger partial charge in [0.1, 0.15) is 17.7 Å². The van der Waals surface area contributed by atoms with E-state index < -0.39 is 11.6 Å². The molecule has 2 aliphatic heterocycles. The molecular formula is C26H31N7O5. The van der Waals surface area contributed by atoms with E-state index in [4.69, 9.17) is 19.2 Å². The fourth-order valence-corrected chi connectivity index (χ4v) is 4.64. The van der Waals surface area contributed by atoms with Crippen molar-refractivity contribution in [3.63, 3.8) is 0 Å². The molecule has 5 rings (SSSR count). The smallest absolute Gasteiger partial charge is 0.324 e. The van der Waals surface area contributed by atoms with Gasteiger partial charge in [-0.3, -0.25) is 10.1 Å². The minimum absolute atomic E-state index is 0.140. The zero-order valence-corrected chi connectivity index (χ0v) is 21.6. The van der Waals surface area contributed by atoms with Gasteiger partial charge in [-0.25, -0.2) is 14.8 Å². The van der Waals surface area contributed by atoms with Crippen LogP contribution in [0.4, 0.5) is 22.1 Å². The van der Waals surface area contributed by atoms with E-state index in [1.165, 1.54) is 20.1 Å². The number of aromatic nitrogens is 3. The van der Waals surface area contributed by atoms with Crippen molar-refractivity contribution in [1.29, 1.82) is 0 Å². The molecule has 0 bridgehead atoms. The molecule has 1 unspecified atom stereocenters. The van der Waals surface area contributed by atoms with Crippen molar-refractivity contribution < 1.29 is 24.0 Å². The van der Waals surface area contributed by atoms with Gasteiger partial charge in [0.25, 0.3) is 5.91 Å². The molecule has 200 valence electrons. The summed E-state index contributed by atoms with van der Waals surface area (Å²) >= 11 is 0. The molecule has 12 heteroatoms. The maximum atomic E-state index is 12.8. The number of fused-ring (bicyclic) bond motifs is 1. The monoisotopic (exact) mass is 521 g/mol. The lowest BCUT2D eigenvalue weighted by Gasteiger charge is -2.38. The molecule has 2 aliphatic rings. The predicted octanol–water partition coefficient (Wildman–Crippen LogP) is 2.66. The summed E-state index contributed by atoms with van der Waals surface area (Å²) < 4.78 is 10.4. The first-order valence-electron chi connectivity index (χ1n) is 12.5. The number of nitrogens with one attached hydrogen (secondary N) is 2. The SMILES string of the molecule is CC1COCCN1c1nc(-c2ccc(NC(=O)Nc3ccon3)cc2)nc2c1CCN(C(=O)C(C)(C)O)C2. The Hall–Kier alpha value is -4.03. The lowest BCUT2D eigenvalue weighted by atomic mass is 10.0. The van der Waals surface area contributed by atoms with Crippen LogP contribution < -0.4 is 15.5 Å². The molecule has 2 aromatic heterocycles. The molecule has 12 nitrogen and oxygen atoms in total. The van der Waals surface area contributed by atoms with Gasteiger partial charge in [0.2, 0.25) is 0 Å². The van der Waals surface area contributed by atoms with E-state index in [1.807, 2.05) is 12.1 Å². The van der Waals surface area contributed by atoms with Crippen LogP contribution >= 0.6 is 0 Å². The molecule has 1 aromatic carbocycles. The highest BCUT2D eigenvalue weighted by atomic mass is 16.5. The molecule has 0 radical (unpaired) electrons. The van der Waals surface area contributed by atoms with E-state index in [2.05, 4.69) is 27.6 Å². The summed E-state index contributed by atoms with van der Waals surface area (Å²) in [5, 5.41) is 19.3. The summed E-state index contributed by atoms with van der Waals surface area (Å²) in [5.41, 5.74) is 1.67. The molecule has 0 spiro atoms. The fourth-order valence-electron chi connectivity index (χ4n) is 4.64. The second-order valence-corrected chi connectivity index (χ2v) is 9.99. The Bertz CT molecular complexity index is 1300. The van der Waals surface area contributed by atoms with Gasteiger partial charge in [0, 0.05) is 36.0 Å². The average Bonchev–Trinajstić information content (AvgIpc) is 3.40. The lowest BCUT2D eigenvalue weighted by molar-refractivity contribution is -0.148. The molecule has 1 saturated heterocycles. The van der Waals surface area contributed by atoms with Crippen LogP contribution in [0.25, 0.3) is 11.4 Å². The van der Waals surface area contributed by atoms with Crippen molar-refractivity contribution in [3.05, 3.63) is 47.9 Å². The number of hydrogen-bond acceptors (Lipinski definition) is 9. The summed E-state index contributed by atoms with van der Waals surface area (Å²) in [6, 6.07) is 8.44. The highest BCUT2D eigenvalue weighted by molar-refractivity contribution is 5.99. The minimum atomic E-state index is -1.46. The Morgan fingerprint density at radius 1 is 1.11 bits per heavy atom. The van der Waals surface area contributed by atoms with Crippen LogP contribution in [0, 0.1) is 0 Å². The highest BCUT2D eigenvalue weighted by Gasteiger charge is 2.34. The van der Waals surface area contributed by atoms with Gasteiger partial charge in [-0.2, -0.15) is 0 Å². The van der Waals surface area contributed by atoms with Crippen molar-refractivity contribution >= 4 is 29.3 Å². The maximum absolute atomic E-state index is 12.8. The fraction of sp³-hybridized carbons (Fsp3) is 0.423. The number of carbonyl (C=O) groups excluding carboxylic acids is 2. The Balaban J connectivity index is 1.43. The van der Waals surface area contributed by atoms with E-state index >= 15 is 0 Å². The molecule has 1 fully saturated rings. The number of anilines is 3. The van der Waals surface area contributed by atoms with E-state index in [0.29, 0.717) is 56.6 Å². The van der Waals surface area contributed by atoms with Crippen molar-refractivity contribution in [1.82, 2.24) is 20.0 Å². The van der Waals surface area contributed by atoms with E-state index in [0.717, 1.165) is 22.6 Å². The van der Waals surface area contributed by atoms with Crippen LogP contribution in [-0.2, 0) is 22.5 Å². The standard InChI is InChI=1S/C26H31N7O5/c1-16-15-37-13-11-33(16)23-19-8-10-32(24(34)26(2,3)36)14-20(19)28-22(30-23)17-4-6-18(7-5-17)27-25(35)29-21-9-12-38-31-21/h4-7,9,12,16,36H,8,10-11,13-15H2,1-3H3,(H2,27,29,31,35). The Labute approximate surface area is 220 Å². The Kier molecular flexibility index (Phi) is 7.00. The first-order chi connectivity index (χ1) is 18.2. The number of nitrogens with zero attached hydrogens (tertiary/aromatic N) is 5. The maximum Gasteiger partial charge on any atom is 0.324 e. The number of morpholine rings is 1. The summed E-state index contributed by atoms with van der Waals surface area (Å²) in [4.78, 5) is 38.7. The van der Waals surface area contributed by atoms with Gasteiger partial charge < -0.3 is 29.5 Å². The number of amides is 3. The number of ether oxygens (including phenoxy) is 1. The Morgan fingerprint density at radius 2 is 1.89 bits per heavy atom. The molecule has 0 saturated carbocycles. The van der Waals surface area contributed by atoms with Crippen LogP contribution in [0.1, 0.15) is 32.0 Å². The van der Waals surface area contributed by atoms with E-state index in [1.54, 1.807) is 23.1 Å². The van der Waals surface area contributed by atoms with Crippen LogP contribution in [-0.4, -0.2) is 75.0 Å². The topological polar surface area (TPSA) is 146 Å². The molecule has 3 aromatic rings. The van der Waals surface area contributed by atoms with Crippen LogP contribution in [0.5, 0.6) is 0 Å². The van der Waals surface area contributed by atoms with Crippen molar-refractivity contribution in [2.75, 3.05) is 41.8 Å². The third-order valence-corrected chi connectivity index (χ3v) is 6.57. The molecular weight excluding hydrogens is 490 g/mol. The average molecular weight is 522 g/mol. The highest BCUT2D eigenvalue weighted by Crippen LogP contribution is 2.32.